The predicted molar refractivity (Wildman–Crippen MR) is 72.4 cm³/mol. The molecule has 102 valence electrons. The van der Waals surface area contributed by atoms with E-state index < -0.39 is 5.79 Å². The molecule has 1 saturated heterocycles. The van der Waals surface area contributed by atoms with Crippen LogP contribution in [-0.2, 0) is 14.3 Å². The maximum absolute atomic E-state index is 10.9. The lowest BCUT2D eigenvalue weighted by atomic mass is 10.1. The van der Waals surface area contributed by atoms with Crippen LogP contribution in [0.4, 0.5) is 0 Å². The van der Waals surface area contributed by atoms with Crippen LogP contribution in [0.15, 0.2) is 23.3 Å². The van der Waals surface area contributed by atoms with Crippen molar-refractivity contribution >= 4 is 6.29 Å². The van der Waals surface area contributed by atoms with Gasteiger partial charge in [-0.25, -0.2) is 0 Å². The monoisotopic (exact) mass is 252 g/mol. The molecule has 0 aromatic carbocycles. The molecule has 0 atom stereocenters. The average Bonchev–Trinajstić information content (AvgIpc) is 2.74. The largest absolute Gasteiger partial charge is 0.348 e. The maximum Gasteiger partial charge on any atom is 0.166 e. The molecule has 0 saturated carbocycles. The molecular formula is C15H24O3. The molecule has 1 aliphatic heterocycles. The molecule has 18 heavy (non-hydrogen) atoms. The highest BCUT2D eigenvalue weighted by Crippen LogP contribution is 2.24. The van der Waals surface area contributed by atoms with Crippen molar-refractivity contribution in [3.63, 3.8) is 0 Å². The Kier molecular flexibility index (Phi) is 6.30. The van der Waals surface area contributed by atoms with E-state index in [-0.39, 0.29) is 0 Å². The molecular weight excluding hydrogens is 228 g/mol. The van der Waals surface area contributed by atoms with Gasteiger partial charge < -0.3 is 9.47 Å². The van der Waals surface area contributed by atoms with Gasteiger partial charge >= 0.3 is 0 Å². The van der Waals surface area contributed by atoms with Crippen molar-refractivity contribution in [1.29, 1.82) is 0 Å². The zero-order chi connectivity index (χ0) is 13.4. The summed E-state index contributed by atoms with van der Waals surface area (Å²) in [4.78, 5) is 10.9. The molecule has 3 nitrogen and oxygen atoms in total. The van der Waals surface area contributed by atoms with Crippen LogP contribution in [0.1, 0.15) is 46.5 Å². The zero-order valence-corrected chi connectivity index (χ0v) is 11.7. The third-order valence-electron chi connectivity index (χ3n) is 3.04. The van der Waals surface area contributed by atoms with Crippen LogP contribution in [0.3, 0.4) is 0 Å². The van der Waals surface area contributed by atoms with Crippen molar-refractivity contribution in [2.75, 3.05) is 13.2 Å². The van der Waals surface area contributed by atoms with E-state index in [0.29, 0.717) is 13.2 Å². The molecule has 1 rings (SSSR count). The van der Waals surface area contributed by atoms with Crippen LogP contribution >= 0.6 is 0 Å². The van der Waals surface area contributed by atoms with E-state index in [4.69, 9.17) is 9.47 Å². The van der Waals surface area contributed by atoms with E-state index in [1.807, 2.05) is 13.0 Å². The summed E-state index contributed by atoms with van der Waals surface area (Å²) in [6, 6.07) is 0. The topological polar surface area (TPSA) is 35.5 Å². The van der Waals surface area contributed by atoms with E-state index in [1.165, 1.54) is 5.57 Å². The van der Waals surface area contributed by atoms with Gasteiger partial charge in [0, 0.05) is 6.42 Å². The third-order valence-corrected chi connectivity index (χ3v) is 3.04. The fourth-order valence-electron chi connectivity index (χ4n) is 1.96. The van der Waals surface area contributed by atoms with Crippen molar-refractivity contribution in [3.8, 4) is 0 Å². The molecule has 0 amide bonds. The molecule has 0 aromatic heterocycles. The Morgan fingerprint density at radius 2 is 1.83 bits per heavy atom. The molecule has 0 spiro atoms. The van der Waals surface area contributed by atoms with E-state index >= 15 is 0 Å². The van der Waals surface area contributed by atoms with Gasteiger partial charge in [0.05, 0.1) is 13.2 Å². The van der Waals surface area contributed by atoms with Crippen molar-refractivity contribution in [2.24, 2.45) is 0 Å². The quantitative estimate of drug-likeness (QED) is 0.396. The first-order chi connectivity index (χ1) is 8.56. The second-order valence-corrected chi connectivity index (χ2v) is 5.09. The SMILES string of the molecule is CC(C)=CCCC(C=O)=CCCC1(C)OCCO1. The van der Waals surface area contributed by atoms with E-state index in [1.54, 1.807) is 0 Å². The van der Waals surface area contributed by atoms with E-state index in [2.05, 4.69) is 19.9 Å². The van der Waals surface area contributed by atoms with E-state index in [0.717, 1.165) is 37.5 Å². The minimum Gasteiger partial charge on any atom is -0.348 e. The van der Waals surface area contributed by atoms with Gasteiger partial charge in [0.25, 0.3) is 0 Å². The summed E-state index contributed by atoms with van der Waals surface area (Å²) in [6.07, 6.45) is 8.47. The highest BCUT2D eigenvalue weighted by Gasteiger charge is 2.29. The fourth-order valence-corrected chi connectivity index (χ4v) is 1.96. The molecule has 3 heteroatoms. The van der Waals surface area contributed by atoms with Gasteiger partial charge in [0.2, 0.25) is 0 Å². The smallest absolute Gasteiger partial charge is 0.166 e. The van der Waals surface area contributed by atoms with Crippen molar-refractivity contribution in [1.82, 2.24) is 0 Å². The summed E-state index contributed by atoms with van der Waals surface area (Å²) in [5.41, 5.74) is 2.16. The normalized spacial score (nSPS) is 18.7. The summed E-state index contributed by atoms with van der Waals surface area (Å²) in [5, 5.41) is 0. The van der Waals surface area contributed by atoms with Crippen LogP contribution in [0.25, 0.3) is 0 Å². The lowest BCUT2D eigenvalue weighted by Gasteiger charge is -2.21. The second kappa shape index (κ2) is 7.49. The fraction of sp³-hybridized carbons (Fsp3) is 0.667. The summed E-state index contributed by atoms with van der Waals surface area (Å²) in [5.74, 6) is -0.454. The van der Waals surface area contributed by atoms with Crippen LogP contribution in [-0.4, -0.2) is 25.3 Å². The first-order valence-electron chi connectivity index (χ1n) is 6.61. The molecule has 0 radical (unpaired) electrons. The third kappa shape index (κ3) is 5.61. The Bertz CT molecular complexity index is 319. The lowest BCUT2D eigenvalue weighted by Crippen LogP contribution is -2.24. The number of aldehydes is 1. The van der Waals surface area contributed by atoms with Crippen LogP contribution in [0.5, 0.6) is 0 Å². The molecule has 0 aromatic rings. The molecule has 0 N–H and O–H groups in total. The number of rotatable bonds is 7. The van der Waals surface area contributed by atoms with Crippen LogP contribution < -0.4 is 0 Å². The van der Waals surface area contributed by atoms with Gasteiger partial charge in [-0.15, -0.1) is 0 Å². The summed E-state index contributed by atoms with van der Waals surface area (Å²) in [7, 11) is 0. The molecule has 1 aliphatic rings. The number of carbonyl (C=O) groups is 1. The highest BCUT2D eigenvalue weighted by molar-refractivity contribution is 5.72. The van der Waals surface area contributed by atoms with E-state index in [9.17, 15) is 4.79 Å². The number of ether oxygens (including phenoxy) is 2. The standard InChI is InChI=1S/C15H24O3/c1-13(2)6-4-7-14(12-16)8-5-9-15(3)17-10-11-18-15/h6,8,12H,4-5,7,9-11H2,1-3H3. The summed E-state index contributed by atoms with van der Waals surface area (Å²) < 4.78 is 11.0. The molecule has 0 bridgehead atoms. The van der Waals surface area contributed by atoms with Gasteiger partial charge in [-0.1, -0.05) is 17.7 Å². The minimum absolute atomic E-state index is 0.454. The Balaban J connectivity index is 2.33. The first kappa shape index (κ1) is 15.1. The number of allylic oxidation sites excluding steroid dienone is 4. The van der Waals surface area contributed by atoms with Crippen molar-refractivity contribution < 1.29 is 14.3 Å². The van der Waals surface area contributed by atoms with Gasteiger partial charge in [-0.2, -0.15) is 0 Å². The van der Waals surface area contributed by atoms with Gasteiger partial charge in [0.1, 0.15) is 6.29 Å². The lowest BCUT2D eigenvalue weighted by molar-refractivity contribution is -0.145. The number of carbonyl (C=O) groups excluding carboxylic acids is 1. The van der Waals surface area contributed by atoms with Gasteiger partial charge in [-0.3, -0.25) is 4.79 Å². The Hall–Kier alpha value is -0.930. The van der Waals surface area contributed by atoms with Gasteiger partial charge in [-0.05, 0) is 45.6 Å². The maximum atomic E-state index is 10.9. The highest BCUT2D eigenvalue weighted by atomic mass is 16.7. The molecule has 1 fully saturated rings. The summed E-state index contributed by atoms with van der Waals surface area (Å²) in [6.45, 7) is 7.43. The Labute approximate surface area is 110 Å². The van der Waals surface area contributed by atoms with Gasteiger partial charge in [0.15, 0.2) is 5.79 Å². The predicted octanol–water partition coefficient (Wildman–Crippen LogP) is 3.40. The molecule has 1 heterocycles. The zero-order valence-electron chi connectivity index (χ0n) is 11.7. The first-order valence-corrected chi connectivity index (χ1v) is 6.61. The molecule has 0 unspecified atom stereocenters. The van der Waals surface area contributed by atoms with Crippen molar-refractivity contribution in [3.05, 3.63) is 23.3 Å². The number of hydrogen-bond acceptors (Lipinski definition) is 3. The minimum atomic E-state index is -0.454. The second-order valence-electron chi connectivity index (χ2n) is 5.09. The average molecular weight is 252 g/mol. The number of hydrogen-bond donors (Lipinski definition) is 0. The van der Waals surface area contributed by atoms with Crippen LogP contribution in [0.2, 0.25) is 0 Å². The Morgan fingerprint density at radius 1 is 1.17 bits per heavy atom. The molecule has 0 aliphatic carbocycles. The summed E-state index contributed by atoms with van der Waals surface area (Å²) >= 11 is 0. The Morgan fingerprint density at radius 3 is 2.39 bits per heavy atom. The van der Waals surface area contributed by atoms with Crippen LogP contribution in [0, 0.1) is 0 Å². The van der Waals surface area contributed by atoms with Crippen molar-refractivity contribution in [2.45, 2.75) is 52.2 Å².